The van der Waals surface area contributed by atoms with E-state index in [4.69, 9.17) is 4.74 Å². The molecule has 3 atom stereocenters. The number of nitrogens with zero attached hydrogens (tertiary/aromatic N) is 3. The molecular formula is C15H15N3O5S. The maximum absolute atomic E-state index is 12.4. The average molecular weight is 349 g/mol. The molecule has 0 saturated carbocycles. The molecule has 9 heteroatoms. The fourth-order valence-electron chi connectivity index (χ4n) is 3.09. The van der Waals surface area contributed by atoms with E-state index < -0.39 is 24.0 Å². The van der Waals surface area contributed by atoms with E-state index in [1.807, 2.05) is 0 Å². The van der Waals surface area contributed by atoms with Crippen LogP contribution in [0.2, 0.25) is 0 Å². The van der Waals surface area contributed by atoms with E-state index in [0.29, 0.717) is 16.5 Å². The van der Waals surface area contributed by atoms with Crippen LogP contribution in [0.4, 0.5) is 0 Å². The van der Waals surface area contributed by atoms with Crippen molar-refractivity contribution in [3.63, 3.8) is 0 Å². The number of aliphatic carboxylic acids is 1. The maximum atomic E-state index is 12.4. The molecule has 1 aromatic rings. The molecule has 1 aromatic heterocycles. The smallest absolute Gasteiger partial charge is 0.353 e. The highest BCUT2D eigenvalue weighted by atomic mass is 32.2. The highest BCUT2D eigenvalue weighted by Crippen LogP contribution is 2.48. The van der Waals surface area contributed by atoms with Crippen LogP contribution in [0.3, 0.4) is 0 Å². The van der Waals surface area contributed by atoms with E-state index in [2.05, 4.69) is 9.97 Å². The Morgan fingerprint density at radius 3 is 2.67 bits per heavy atom. The van der Waals surface area contributed by atoms with E-state index in [0.717, 1.165) is 11.8 Å². The zero-order valence-electron chi connectivity index (χ0n) is 13.0. The van der Waals surface area contributed by atoms with Crippen LogP contribution in [-0.4, -0.2) is 50.0 Å². The molecule has 2 aliphatic rings. The van der Waals surface area contributed by atoms with Crippen molar-refractivity contribution >= 4 is 29.6 Å². The monoisotopic (exact) mass is 349 g/mol. The summed E-state index contributed by atoms with van der Waals surface area (Å²) < 4.78 is 5.10. The van der Waals surface area contributed by atoms with Crippen molar-refractivity contribution in [3.8, 4) is 0 Å². The largest absolute Gasteiger partial charge is 0.477 e. The first-order chi connectivity index (χ1) is 11.4. The number of fused-ring (bicyclic) bond motifs is 1. The number of hydrogen-bond donors (Lipinski definition) is 1. The number of rotatable bonds is 5. The summed E-state index contributed by atoms with van der Waals surface area (Å²) >= 11 is 1.14. The lowest BCUT2D eigenvalue weighted by atomic mass is 9.83. The van der Waals surface area contributed by atoms with E-state index in [9.17, 15) is 19.5 Å². The van der Waals surface area contributed by atoms with Gasteiger partial charge in [-0.3, -0.25) is 9.59 Å². The van der Waals surface area contributed by atoms with Gasteiger partial charge in [-0.1, -0.05) is 11.8 Å². The second-order valence-electron chi connectivity index (χ2n) is 5.53. The third-order valence-electron chi connectivity index (χ3n) is 3.99. The van der Waals surface area contributed by atoms with E-state index in [1.54, 1.807) is 25.4 Å². The Kier molecular flexibility index (Phi) is 4.27. The molecule has 3 unspecified atom stereocenters. The number of amides is 1. The number of thioether (sulfide) groups is 1. The maximum Gasteiger partial charge on any atom is 0.353 e. The van der Waals surface area contributed by atoms with Gasteiger partial charge < -0.3 is 14.7 Å². The second-order valence-corrected chi connectivity index (χ2v) is 6.59. The summed E-state index contributed by atoms with van der Waals surface area (Å²) in [5.41, 5.74) is -0.0336. The van der Waals surface area contributed by atoms with Gasteiger partial charge in [-0.15, -0.1) is 0 Å². The van der Waals surface area contributed by atoms with Crippen molar-refractivity contribution in [2.45, 2.75) is 37.6 Å². The first kappa shape index (κ1) is 16.4. The molecule has 0 bridgehead atoms. The van der Waals surface area contributed by atoms with Crippen LogP contribution >= 0.6 is 11.8 Å². The molecule has 0 radical (unpaired) electrons. The number of carboxylic acid groups (broad SMARTS) is 1. The van der Waals surface area contributed by atoms with Gasteiger partial charge in [-0.05, 0) is 13.0 Å². The number of aromatic nitrogens is 2. The van der Waals surface area contributed by atoms with Crippen LogP contribution in [0, 0.1) is 5.92 Å². The number of carboxylic acids is 1. The molecule has 0 aromatic carbocycles. The number of β-lactam (4-membered cyclic amide) rings is 1. The first-order valence-electron chi connectivity index (χ1n) is 7.31. The lowest BCUT2D eigenvalue weighted by Crippen LogP contribution is -2.62. The van der Waals surface area contributed by atoms with Gasteiger partial charge in [0, 0.05) is 30.6 Å². The Morgan fingerprint density at radius 1 is 1.42 bits per heavy atom. The molecule has 1 saturated heterocycles. The highest BCUT2D eigenvalue weighted by molar-refractivity contribution is 8.03. The Balaban J connectivity index is 1.83. The number of esters is 1. The van der Waals surface area contributed by atoms with Gasteiger partial charge in [0.2, 0.25) is 5.91 Å². The Labute approximate surface area is 141 Å². The minimum Gasteiger partial charge on any atom is -0.477 e. The summed E-state index contributed by atoms with van der Waals surface area (Å²) in [6.07, 6.45) is 2.92. The van der Waals surface area contributed by atoms with Gasteiger partial charge in [0.15, 0.2) is 5.16 Å². The normalized spacial score (nSPS) is 23.6. The molecule has 1 amide bonds. The van der Waals surface area contributed by atoms with E-state index >= 15 is 0 Å². The fraction of sp³-hybridized carbons (Fsp3) is 0.400. The third kappa shape index (κ3) is 2.75. The molecule has 8 nitrogen and oxygen atoms in total. The zero-order valence-corrected chi connectivity index (χ0v) is 13.8. The molecule has 3 rings (SSSR count). The molecule has 1 N–H and O–H groups in total. The van der Waals surface area contributed by atoms with Crippen molar-refractivity contribution in [2.24, 2.45) is 5.92 Å². The molecular weight excluding hydrogens is 334 g/mol. The molecule has 2 aliphatic heterocycles. The van der Waals surface area contributed by atoms with Gasteiger partial charge in [0.05, 0.1) is 12.0 Å². The van der Waals surface area contributed by atoms with Crippen LogP contribution in [0.15, 0.2) is 34.2 Å². The predicted octanol–water partition coefficient (Wildman–Crippen LogP) is 1.05. The molecule has 126 valence electrons. The van der Waals surface area contributed by atoms with Crippen LogP contribution < -0.4 is 0 Å². The molecule has 1 fully saturated rings. The second kappa shape index (κ2) is 6.23. The fourth-order valence-corrected chi connectivity index (χ4v) is 4.08. The zero-order chi connectivity index (χ0) is 17.4. The number of ether oxygens (including phenoxy) is 1. The topological polar surface area (TPSA) is 110 Å². The molecule has 0 spiro atoms. The van der Waals surface area contributed by atoms with Gasteiger partial charge >= 0.3 is 11.9 Å². The summed E-state index contributed by atoms with van der Waals surface area (Å²) in [6.45, 7) is 2.92. The summed E-state index contributed by atoms with van der Waals surface area (Å²) in [7, 11) is 0. The van der Waals surface area contributed by atoms with E-state index in [-0.39, 0.29) is 17.6 Å². The van der Waals surface area contributed by atoms with Gasteiger partial charge in [0.1, 0.15) is 11.8 Å². The number of carbonyl (C=O) groups is 3. The van der Waals surface area contributed by atoms with Crippen LogP contribution in [-0.2, 0) is 19.1 Å². The Morgan fingerprint density at radius 2 is 2.08 bits per heavy atom. The Bertz CT molecular complexity index is 736. The first-order valence-corrected chi connectivity index (χ1v) is 8.13. The minimum atomic E-state index is -1.16. The molecule has 24 heavy (non-hydrogen) atoms. The lowest BCUT2D eigenvalue weighted by Gasteiger charge is -2.45. The summed E-state index contributed by atoms with van der Waals surface area (Å²) in [6, 6.07) is 1.35. The van der Waals surface area contributed by atoms with Gasteiger partial charge in [0.25, 0.3) is 0 Å². The number of hydrogen-bond acceptors (Lipinski definition) is 7. The van der Waals surface area contributed by atoms with Gasteiger partial charge in [-0.2, -0.15) is 0 Å². The van der Waals surface area contributed by atoms with Crippen LogP contribution in [0.25, 0.3) is 0 Å². The standard InChI is InChI=1S/C15H15N3O5S/c1-7(23-8(2)19)11-9-6-10(24-15-16-4-3-5-17-15)12(14(21)22)18(9)13(11)20/h3-5,7,9,11H,6H2,1-2H3,(H,21,22). The Hall–Kier alpha value is -2.42. The minimum absolute atomic E-state index is 0.0336. The summed E-state index contributed by atoms with van der Waals surface area (Å²) in [4.78, 5) is 45.0. The van der Waals surface area contributed by atoms with Crippen LogP contribution in [0.1, 0.15) is 20.3 Å². The lowest BCUT2D eigenvalue weighted by molar-refractivity contribution is -0.169. The van der Waals surface area contributed by atoms with Crippen molar-refractivity contribution in [1.82, 2.24) is 14.9 Å². The average Bonchev–Trinajstić information content (AvgIpc) is 2.82. The predicted molar refractivity (Wildman–Crippen MR) is 82.5 cm³/mol. The van der Waals surface area contributed by atoms with Crippen molar-refractivity contribution < 1.29 is 24.2 Å². The van der Waals surface area contributed by atoms with E-state index in [1.165, 1.54) is 11.8 Å². The van der Waals surface area contributed by atoms with Crippen LogP contribution in [0.5, 0.6) is 0 Å². The third-order valence-corrected chi connectivity index (χ3v) is 4.98. The van der Waals surface area contributed by atoms with Crippen molar-refractivity contribution in [3.05, 3.63) is 29.1 Å². The highest BCUT2D eigenvalue weighted by Gasteiger charge is 2.57. The SMILES string of the molecule is CC(=O)OC(C)C1C(=O)N2C(C(=O)O)=C(Sc3ncccn3)CC12. The summed E-state index contributed by atoms with van der Waals surface area (Å²) in [5, 5.41) is 9.90. The summed E-state index contributed by atoms with van der Waals surface area (Å²) in [5.74, 6) is -2.50. The number of carbonyl (C=O) groups excluding carboxylic acids is 2. The van der Waals surface area contributed by atoms with Crippen molar-refractivity contribution in [2.75, 3.05) is 0 Å². The van der Waals surface area contributed by atoms with Gasteiger partial charge in [-0.25, -0.2) is 14.8 Å². The molecule has 3 heterocycles. The van der Waals surface area contributed by atoms with Crippen molar-refractivity contribution in [1.29, 1.82) is 0 Å². The quantitative estimate of drug-likeness (QED) is 0.477. The molecule has 0 aliphatic carbocycles.